The number of fused-ring (bicyclic) bond motifs is 14. The molecule has 0 saturated heterocycles. The Labute approximate surface area is 331 Å². The average Bonchev–Trinajstić information content (AvgIpc) is 3.75. The van der Waals surface area contributed by atoms with Gasteiger partial charge in [0.25, 0.3) is 0 Å². The van der Waals surface area contributed by atoms with E-state index < -0.39 is 5.41 Å². The number of hydrogen-bond donors (Lipinski definition) is 0. The third-order valence-electron chi connectivity index (χ3n) is 11.6. The Balaban J connectivity index is 1.12. The first-order valence-corrected chi connectivity index (χ1v) is 19.4. The van der Waals surface area contributed by atoms with Crippen molar-refractivity contribution in [3.8, 4) is 34.6 Å². The van der Waals surface area contributed by atoms with Crippen LogP contribution in [0.5, 0.6) is 11.5 Å². The maximum Gasteiger partial charge on any atom is 0.188 e. The van der Waals surface area contributed by atoms with Crippen molar-refractivity contribution < 1.29 is 4.74 Å². The number of hydrogen-bond acceptors (Lipinski definition) is 6. The molecule has 7 nitrogen and oxygen atoms in total. The van der Waals surface area contributed by atoms with Crippen molar-refractivity contribution in [1.82, 2.24) is 14.5 Å². The highest BCUT2D eigenvalue weighted by molar-refractivity contribution is 7.99. The van der Waals surface area contributed by atoms with E-state index in [4.69, 9.17) is 21.3 Å². The van der Waals surface area contributed by atoms with E-state index in [0.717, 1.165) is 99.5 Å². The van der Waals surface area contributed by atoms with Gasteiger partial charge in [-0.3, -0.25) is 9.97 Å². The van der Waals surface area contributed by atoms with Crippen LogP contribution in [0.4, 0.5) is 22.7 Å². The quantitative estimate of drug-likeness (QED) is 0.164. The third kappa shape index (κ3) is 4.25. The summed E-state index contributed by atoms with van der Waals surface area (Å²) in [5.41, 5.74) is 12.4. The summed E-state index contributed by atoms with van der Waals surface area (Å²) < 4.78 is 9.43. The predicted octanol–water partition coefficient (Wildman–Crippen LogP) is 12.4. The molecule has 9 aromatic rings. The second kappa shape index (κ2) is 11.7. The Morgan fingerprint density at radius 2 is 1.30 bits per heavy atom. The molecular weight excluding hydrogens is 721 g/mol. The highest BCUT2D eigenvalue weighted by atomic mass is 32.2. The van der Waals surface area contributed by atoms with Crippen LogP contribution in [-0.2, 0) is 5.41 Å². The zero-order valence-electron chi connectivity index (χ0n) is 30.0. The molecule has 5 heterocycles. The largest absolute Gasteiger partial charge is 0.457 e. The summed E-state index contributed by atoms with van der Waals surface area (Å²) in [5, 5.41) is 11.9. The Bertz CT molecular complexity index is 3270. The maximum atomic E-state index is 9.77. The molecule has 0 fully saturated rings. The molecule has 6 aromatic carbocycles. The number of nitriles is 1. The minimum Gasteiger partial charge on any atom is -0.457 e. The van der Waals surface area contributed by atoms with Crippen molar-refractivity contribution in [1.29, 1.82) is 5.26 Å². The number of nitrogens with zero attached hydrogens (tertiary/aromatic N) is 6. The van der Waals surface area contributed by atoms with Crippen molar-refractivity contribution in [2.75, 3.05) is 4.90 Å². The van der Waals surface area contributed by atoms with E-state index in [1.165, 1.54) is 0 Å². The third-order valence-corrected chi connectivity index (χ3v) is 12.7. The Morgan fingerprint density at radius 3 is 2.07 bits per heavy atom. The zero-order valence-corrected chi connectivity index (χ0v) is 30.8. The molecule has 0 bridgehead atoms. The average molecular weight is 747 g/mol. The number of rotatable bonds is 2. The van der Waals surface area contributed by atoms with Gasteiger partial charge in [0.05, 0.1) is 57.4 Å². The second-order valence-electron chi connectivity index (χ2n) is 14.4. The molecule has 57 heavy (non-hydrogen) atoms. The lowest BCUT2D eigenvalue weighted by Gasteiger charge is -2.40. The molecule has 0 N–H and O–H groups in total. The van der Waals surface area contributed by atoms with Crippen LogP contribution in [0.3, 0.4) is 0 Å². The van der Waals surface area contributed by atoms with Crippen LogP contribution >= 0.6 is 11.8 Å². The number of para-hydroxylation sites is 2. The van der Waals surface area contributed by atoms with Gasteiger partial charge in [-0.15, -0.1) is 0 Å². The van der Waals surface area contributed by atoms with Crippen LogP contribution in [0.25, 0.3) is 43.7 Å². The molecular formula is C49H26N6OS. The Morgan fingerprint density at radius 1 is 0.614 bits per heavy atom. The summed E-state index contributed by atoms with van der Waals surface area (Å²) in [6.45, 7) is 7.69. The lowest BCUT2D eigenvalue weighted by atomic mass is 9.66. The molecule has 3 aromatic heterocycles. The highest BCUT2D eigenvalue weighted by Crippen LogP contribution is 2.62. The number of anilines is 3. The molecule has 1 aliphatic carbocycles. The Hall–Kier alpha value is -7.65. The first kappa shape index (κ1) is 31.7. The van der Waals surface area contributed by atoms with Gasteiger partial charge < -0.3 is 14.2 Å². The SMILES string of the molecule is [C-]#[N+]c1ccc2c(c1)c1ccccc1n2-c1ccc2c(c1)Oc1cc(N3c4ccccc4Sc4cc(C#N)ccc43)ccc1C21c2cccnc2-c2ncccc21. The molecule has 12 rings (SSSR count). The van der Waals surface area contributed by atoms with E-state index in [0.29, 0.717) is 11.3 Å². The van der Waals surface area contributed by atoms with Gasteiger partial charge in [-0.25, -0.2) is 4.85 Å². The van der Waals surface area contributed by atoms with Crippen LogP contribution < -0.4 is 9.64 Å². The monoisotopic (exact) mass is 746 g/mol. The van der Waals surface area contributed by atoms with E-state index in [-0.39, 0.29) is 0 Å². The van der Waals surface area contributed by atoms with Crippen molar-refractivity contribution in [2.24, 2.45) is 0 Å². The van der Waals surface area contributed by atoms with Crippen molar-refractivity contribution in [3.05, 3.63) is 197 Å². The standard InChI is InChI=1S/C49H26N6OS/c1-51-30-15-21-40-34(25-30)33-8-2-3-11-39(33)54(40)31-16-18-35-43(26-31)56-44-27-32(55-41-12-4-5-13-45(41)57-46-24-29(28-50)14-20-42(46)55)17-19-36(44)49(35)37-9-6-22-52-47(37)48-38(49)10-7-23-53-48/h2-27H. The topological polar surface area (TPSA) is 71.3 Å². The number of benzene rings is 6. The summed E-state index contributed by atoms with van der Waals surface area (Å²) in [6, 6.07) is 52.3. The summed E-state index contributed by atoms with van der Waals surface area (Å²) in [4.78, 5) is 18.0. The predicted molar refractivity (Wildman–Crippen MR) is 224 cm³/mol. The molecule has 0 radical (unpaired) electrons. The first-order chi connectivity index (χ1) is 28.1. The molecule has 8 heteroatoms. The van der Waals surface area contributed by atoms with Gasteiger partial charge in [0.1, 0.15) is 11.5 Å². The molecule has 1 spiro atoms. The fourth-order valence-electron chi connectivity index (χ4n) is 9.28. The minimum atomic E-state index is -0.756. The summed E-state index contributed by atoms with van der Waals surface area (Å²) in [7, 11) is 0. The molecule has 0 atom stereocenters. The van der Waals surface area contributed by atoms with Gasteiger partial charge in [0.15, 0.2) is 5.69 Å². The lowest BCUT2D eigenvalue weighted by molar-refractivity contribution is 0.436. The van der Waals surface area contributed by atoms with Gasteiger partial charge in [0.2, 0.25) is 0 Å². The van der Waals surface area contributed by atoms with Crippen molar-refractivity contribution in [3.63, 3.8) is 0 Å². The Kier molecular flexibility index (Phi) is 6.49. The smallest absolute Gasteiger partial charge is 0.188 e. The normalized spacial score (nSPS) is 13.8. The molecule has 0 amide bonds. The summed E-state index contributed by atoms with van der Waals surface area (Å²) in [6.07, 6.45) is 3.68. The van der Waals surface area contributed by atoms with E-state index in [2.05, 4.69) is 111 Å². The van der Waals surface area contributed by atoms with Gasteiger partial charge in [0, 0.05) is 62.2 Å². The van der Waals surface area contributed by atoms with E-state index in [9.17, 15) is 5.26 Å². The van der Waals surface area contributed by atoms with Crippen molar-refractivity contribution in [2.45, 2.75) is 15.2 Å². The van der Waals surface area contributed by atoms with Crippen LogP contribution in [0.15, 0.2) is 168 Å². The van der Waals surface area contributed by atoms with Crippen LogP contribution in [-0.4, -0.2) is 14.5 Å². The molecule has 264 valence electrons. The molecule has 3 aliphatic rings. The summed E-state index contributed by atoms with van der Waals surface area (Å²) in [5.74, 6) is 1.47. The second-order valence-corrected chi connectivity index (χ2v) is 15.5. The fourth-order valence-corrected chi connectivity index (χ4v) is 10.4. The van der Waals surface area contributed by atoms with Gasteiger partial charge in [-0.2, -0.15) is 5.26 Å². The van der Waals surface area contributed by atoms with E-state index >= 15 is 0 Å². The van der Waals surface area contributed by atoms with Gasteiger partial charge in [-0.1, -0.05) is 72.4 Å². The first-order valence-electron chi connectivity index (χ1n) is 18.6. The highest BCUT2D eigenvalue weighted by Gasteiger charge is 2.52. The van der Waals surface area contributed by atoms with E-state index in [1.807, 2.05) is 67.0 Å². The van der Waals surface area contributed by atoms with Crippen LogP contribution in [0.1, 0.15) is 27.8 Å². The summed E-state index contributed by atoms with van der Waals surface area (Å²) >= 11 is 1.68. The minimum absolute atomic E-state index is 0.609. The molecule has 0 saturated carbocycles. The van der Waals surface area contributed by atoms with E-state index in [1.54, 1.807) is 11.8 Å². The van der Waals surface area contributed by atoms with Crippen molar-refractivity contribution >= 4 is 56.3 Å². The number of aromatic nitrogens is 3. The van der Waals surface area contributed by atoms with Crippen LogP contribution in [0, 0.1) is 17.9 Å². The zero-order chi connectivity index (χ0) is 37.8. The number of pyridine rings is 2. The number of ether oxygens (including phenoxy) is 1. The van der Waals surface area contributed by atoms with Gasteiger partial charge in [-0.05, 0) is 89.3 Å². The molecule has 2 aliphatic heterocycles. The fraction of sp³-hybridized carbons (Fsp3) is 0.0204. The molecule has 0 unspecified atom stereocenters. The lowest BCUT2D eigenvalue weighted by Crippen LogP contribution is -2.32. The maximum absolute atomic E-state index is 9.77. The van der Waals surface area contributed by atoms with Gasteiger partial charge >= 0.3 is 0 Å². The van der Waals surface area contributed by atoms with Crippen LogP contribution in [0.2, 0.25) is 0 Å².